The first kappa shape index (κ1) is 5.92. The van der Waals surface area contributed by atoms with Gasteiger partial charge in [-0.2, -0.15) is 0 Å². The second-order valence-corrected chi connectivity index (χ2v) is 5.43. The maximum absolute atomic E-state index is 2.22. The summed E-state index contributed by atoms with van der Waals surface area (Å²) in [5.74, 6) is 2.36. The van der Waals surface area contributed by atoms with Gasteiger partial charge in [0.2, 0.25) is 0 Å². The fourth-order valence-electron chi connectivity index (χ4n) is 0.304. The Kier molecular flexibility index (Phi) is 3.17. The molecule has 0 saturated carbocycles. The number of rotatable bonds is 0. The fraction of sp³-hybridized carbons (Fsp3) is 0.500. The van der Waals surface area contributed by atoms with Crippen molar-refractivity contribution in [2.24, 2.45) is 0 Å². The molecule has 3 heteroatoms. The van der Waals surface area contributed by atoms with Crippen LogP contribution in [0.2, 0.25) is 0 Å². The first-order valence-electron chi connectivity index (χ1n) is 2.06. The molecule has 40 valence electrons. The molecule has 1 rings (SSSR count). The Balaban J connectivity index is 2.20. The topological polar surface area (TPSA) is 0 Å². The van der Waals surface area contributed by atoms with Gasteiger partial charge in [-0.15, -0.1) is 0 Å². The van der Waals surface area contributed by atoms with Crippen molar-refractivity contribution in [3.05, 3.63) is 12.2 Å². The number of hydrogen-bond acceptors (Lipinski definition) is 3. The highest BCUT2D eigenvalue weighted by Gasteiger charge is 1.90. The zero-order valence-corrected chi connectivity index (χ0v) is 6.24. The molecule has 0 N–H and O–H groups in total. The van der Waals surface area contributed by atoms with Crippen LogP contribution in [0.15, 0.2) is 12.2 Å². The maximum Gasteiger partial charge on any atom is 0.0226 e. The van der Waals surface area contributed by atoms with Crippen LogP contribution >= 0.6 is 31.4 Å². The normalized spacial score (nSPS) is 21.7. The van der Waals surface area contributed by atoms with E-state index in [2.05, 4.69) is 12.2 Å². The van der Waals surface area contributed by atoms with E-state index in [-0.39, 0.29) is 0 Å². The van der Waals surface area contributed by atoms with Gasteiger partial charge in [0.25, 0.3) is 0 Å². The van der Waals surface area contributed by atoms with E-state index in [0.717, 1.165) is 0 Å². The van der Waals surface area contributed by atoms with Gasteiger partial charge in [0.15, 0.2) is 0 Å². The van der Waals surface area contributed by atoms with Crippen LogP contribution in [0.25, 0.3) is 0 Å². The average Bonchev–Trinajstić information content (AvgIpc) is 1.90. The third-order valence-electron chi connectivity index (χ3n) is 0.591. The molecule has 0 spiro atoms. The highest BCUT2D eigenvalue weighted by atomic mass is 33.5. The Morgan fingerprint density at radius 3 is 2.14 bits per heavy atom. The summed E-state index contributed by atoms with van der Waals surface area (Å²) < 4.78 is 0. The second-order valence-electron chi connectivity index (χ2n) is 1.11. The lowest BCUT2D eigenvalue weighted by Crippen LogP contribution is -1.60. The minimum Gasteiger partial charge on any atom is -0.0784 e. The van der Waals surface area contributed by atoms with Crippen molar-refractivity contribution >= 4 is 31.4 Å². The first-order valence-corrected chi connectivity index (χ1v) is 5.88. The van der Waals surface area contributed by atoms with Crippen LogP contribution in [0.1, 0.15) is 0 Å². The Morgan fingerprint density at radius 1 is 1.00 bits per heavy atom. The van der Waals surface area contributed by atoms with Gasteiger partial charge >= 0.3 is 0 Å². The monoisotopic (exact) mass is 150 g/mol. The lowest BCUT2D eigenvalue weighted by molar-refractivity contribution is 1.69. The molecule has 0 radical (unpaired) electrons. The van der Waals surface area contributed by atoms with E-state index in [9.17, 15) is 0 Å². The van der Waals surface area contributed by atoms with Gasteiger partial charge in [-0.05, 0) is 9.83 Å². The fourth-order valence-corrected chi connectivity index (χ4v) is 3.53. The number of hydrogen-bond donors (Lipinski definition) is 0. The van der Waals surface area contributed by atoms with Crippen LogP contribution in [-0.2, 0) is 0 Å². The molecule has 0 atom stereocenters. The molecule has 0 unspecified atom stereocenters. The Labute approximate surface area is 55.3 Å². The van der Waals surface area contributed by atoms with Gasteiger partial charge in [0, 0.05) is 11.5 Å². The van der Waals surface area contributed by atoms with Crippen molar-refractivity contribution < 1.29 is 0 Å². The molecule has 0 aromatic heterocycles. The molecule has 0 bridgehead atoms. The summed E-state index contributed by atoms with van der Waals surface area (Å²) in [5.41, 5.74) is 0. The molecule has 0 nitrogen and oxygen atoms in total. The SMILES string of the molecule is C1=CCSSSC1. The Bertz CT molecular complexity index is 61.3. The highest BCUT2D eigenvalue weighted by Crippen LogP contribution is 2.36. The maximum atomic E-state index is 2.22. The molecule has 0 fully saturated rings. The van der Waals surface area contributed by atoms with Crippen molar-refractivity contribution in [1.29, 1.82) is 0 Å². The standard InChI is InChI=1S/C4H6S3/c1-2-4-6-7-5-3-1/h1-2H,3-4H2. The zero-order chi connectivity index (χ0) is 4.95. The van der Waals surface area contributed by atoms with E-state index in [1.54, 1.807) is 0 Å². The molecule has 1 aliphatic heterocycles. The van der Waals surface area contributed by atoms with E-state index in [1.165, 1.54) is 11.5 Å². The van der Waals surface area contributed by atoms with E-state index in [1.807, 2.05) is 31.4 Å². The minimum atomic E-state index is 1.18. The third kappa shape index (κ3) is 2.57. The summed E-state index contributed by atoms with van der Waals surface area (Å²) in [6.45, 7) is 0. The van der Waals surface area contributed by atoms with Crippen LogP contribution in [0.3, 0.4) is 0 Å². The van der Waals surface area contributed by atoms with Crippen molar-refractivity contribution in [2.45, 2.75) is 0 Å². The predicted molar refractivity (Wildman–Crippen MR) is 41.6 cm³/mol. The van der Waals surface area contributed by atoms with Crippen molar-refractivity contribution in [1.82, 2.24) is 0 Å². The molecule has 1 aliphatic rings. The summed E-state index contributed by atoms with van der Waals surface area (Å²) in [4.78, 5) is 0. The van der Waals surface area contributed by atoms with E-state index in [4.69, 9.17) is 0 Å². The van der Waals surface area contributed by atoms with Gasteiger partial charge in [-0.3, -0.25) is 0 Å². The summed E-state index contributed by atoms with van der Waals surface area (Å²) in [6.07, 6.45) is 4.44. The lowest BCUT2D eigenvalue weighted by Gasteiger charge is -1.85. The van der Waals surface area contributed by atoms with Crippen molar-refractivity contribution in [3.8, 4) is 0 Å². The third-order valence-corrected chi connectivity index (χ3v) is 4.57. The molecular formula is C4H6S3. The lowest BCUT2D eigenvalue weighted by atomic mass is 10.6. The molecule has 0 aromatic rings. The van der Waals surface area contributed by atoms with Crippen molar-refractivity contribution in [3.63, 3.8) is 0 Å². The molecule has 0 amide bonds. The van der Waals surface area contributed by atoms with E-state index in [0.29, 0.717) is 0 Å². The molecular weight excluding hydrogens is 144 g/mol. The highest BCUT2D eigenvalue weighted by molar-refractivity contribution is 9.09. The van der Waals surface area contributed by atoms with Gasteiger partial charge in [0.05, 0.1) is 0 Å². The molecule has 0 saturated heterocycles. The van der Waals surface area contributed by atoms with Gasteiger partial charge < -0.3 is 0 Å². The average molecular weight is 150 g/mol. The Morgan fingerprint density at radius 2 is 1.57 bits per heavy atom. The van der Waals surface area contributed by atoms with Crippen LogP contribution in [-0.4, -0.2) is 11.5 Å². The van der Waals surface area contributed by atoms with E-state index < -0.39 is 0 Å². The summed E-state index contributed by atoms with van der Waals surface area (Å²) in [5, 5.41) is 0. The Hall–Kier alpha value is 0.790. The molecule has 1 heterocycles. The summed E-state index contributed by atoms with van der Waals surface area (Å²) in [7, 11) is 5.70. The van der Waals surface area contributed by atoms with Gasteiger partial charge in [-0.25, -0.2) is 0 Å². The second kappa shape index (κ2) is 3.75. The van der Waals surface area contributed by atoms with Crippen LogP contribution < -0.4 is 0 Å². The largest absolute Gasteiger partial charge is 0.0784 e. The zero-order valence-electron chi connectivity index (χ0n) is 3.79. The predicted octanol–water partition coefficient (Wildman–Crippen LogP) is 2.59. The van der Waals surface area contributed by atoms with Gasteiger partial charge in [-0.1, -0.05) is 33.7 Å². The molecule has 7 heavy (non-hydrogen) atoms. The van der Waals surface area contributed by atoms with Crippen molar-refractivity contribution in [2.75, 3.05) is 11.5 Å². The van der Waals surface area contributed by atoms with Gasteiger partial charge in [0.1, 0.15) is 0 Å². The molecule has 0 aromatic carbocycles. The quantitative estimate of drug-likeness (QED) is 0.385. The first-order chi connectivity index (χ1) is 3.50. The van der Waals surface area contributed by atoms with Crippen LogP contribution in [0.4, 0.5) is 0 Å². The van der Waals surface area contributed by atoms with Crippen LogP contribution in [0, 0.1) is 0 Å². The van der Waals surface area contributed by atoms with E-state index >= 15 is 0 Å². The molecule has 0 aliphatic carbocycles. The minimum absolute atomic E-state index is 1.18. The summed E-state index contributed by atoms with van der Waals surface area (Å²) >= 11 is 0. The smallest absolute Gasteiger partial charge is 0.0226 e. The van der Waals surface area contributed by atoms with Crippen LogP contribution in [0.5, 0.6) is 0 Å². The summed E-state index contributed by atoms with van der Waals surface area (Å²) in [6, 6.07) is 0.